The van der Waals surface area contributed by atoms with E-state index in [1.54, 1.807) is 6.92 Å². The molecule has 326 valence electrons. The third-order valence-electron chi connectivity index (χ3n) is 14.9. The molecular weight excluding hydrogens is 764 g/mol. The zero-order valence-corrected chi connectivity index (χ0v) is 33.5. The lowest BCUT2D eigenvalue weighted by molar-refractivity contribution is -0.355. The molecule has 4 heterocycles. The number of aliphatic hydroxyl groups excluding tert-OH is 6. The van der Waals surface area contributed by atoms with Gasteiger partial charge in [-0.2, -0.15) is 0 Å². The Morgan fingerprint density at radius 2 is 1.53 bits per heavy atom. The number of cyclic esters (lactones) is 1. The summed E-state index contributed by atoms with van der Waals surface area (Å²) in [4.78, 5) is 38.1. The molecule has 17 nitrogen and oxygen atoms in total. The molecule has 6 N–H and O–H groups in total. The number of fused-ring (bicyclic) bond motifs is 4. The van der Waals surface area contributed by atoms with Crippen LogP contribution in [0.4, 0.5) is 0 Å². The highest BCUT2D eigenvalue weighted by molar-refractivity contribution is 6.02. The number of rotatable bonds is 8. The van der Waals surface area contributed by atoms with Crippen LogP contribution < -0.4 is 0 Å². The lowest BCUT2D eigenvalue weighted by Crippen LogP contribution is -2.62. The molecular formula is C41H60O17. The summed E-state index contributed by atoms with van der Waals surface area (Å²) in [6.07, 6.45) is -11.0. The monoisotopic (exact) mass is 824 g/mol. The topological polar surface area (TPSA) is 246 Å². The van der Waals surface area contributed by atoms with Crippen LogP contribution in [0.25, 0.3) is 0 Å². The second kappa shape index (κ2) is 16.6. The predicted molar refractivity (Wildman–Crippen MR) is 195 cm³/mol. The number of carbonyl (C=O) groups is 3. The van der Waals surface area contributed by atoms with E-state index < -0.39 is 92.0 Å². The van der Waals surface area contributed by atoms with Gasteiger partial charge >= 0.3 is 11.9 Å². The van der Waals surface area contributed by atoms with Crippen molar-refractivity contribution < 1.29 is 82.9 Å². The van der Waals surface area contributed by atoms with Crippen LogP contribution in [0.2, 0.25) is 0 Å². The van der Waals surface area contributed by atoms with Crippen molar-refractivity contribution in [3.05, 3.63) is 11.1 Å². The minimum absolute atomic E-state index is 0.00962. The zero-order chi connectivity index (χ0) is 41.4. The van der Waals surface area contributed by atoms with Gasteiger partial charge in [-0.05, 0) is 82.0 Å². The van der Waals surface area contributed by atoms with Gasteiger partial charge in [-0.25, -0.2) is 0 Å². The van der Waals surface area contributed by atoms with E-state index in [1.807, 2.05) is 0 Å². The first kappa shape index (κ1) is 42.6. The van der Waals surface area contributed by atoms with Gasteiger partial charge in [0.25, 0.3) is 0 Å². The van der Waals surface area contributed by atoms with Gasteiger partial charge in [0, 0.05) is 30.8 Å². The van der Waals surface area contributed by atoms with Crippen LogP contribution in [-0.2, 0) is 52.3 Å². The molecule has 58 heavy (non-hydrogen) atoms. The number of allylic oxidation sites excluding steroid dienone is 1. The summed E-state index contributed by atoms with van der Waals surface area (Å²) in [6, 6.07) is 0. The van der Waals surface area contributed by atoms with Gasteiger partial charge in [0.2, 0.25) is 0 Å². The minimum Gasteiger partial charge on any atom is -0.465 e. The molecule has 4 saturated heterocycles. The van der Waals surface area contributed by atoms with E-state index in [1.165, 1.54) is 19.4 Å². The molecule has 0 spiro atoms. The molecule has 4 aliphatic carbocycles. The normalized spacial score (nSPS) is 50.8. The average Bonchev–Trinajstić information content (AvgIpc) is 3.82. The van der Waals surface area contributed by atoms with Gasteiger partial charge in [0.05, 0.1) is 37.9 Å². The molecule has 0 bridgehead atoms. The number of hydrogen-bond donors (Lipinski definition) is 6. The Morgan fingerprint density at radius 3 is 2.26 bits per heavy atom. The van der Waals surface area contributed by atoms with Crippen molar-refractivity contribution in [1.82, 2.24) is 0 Å². The number of Topliss-reactive ketones (excluding diaryl/α,β-unsaturated/α-hetero) is 1. The summed E-state index contributed by atoms with van der Waals surface area (Å²) in [5.41, 5.74) is 1.69. The van der Waals surface area contributed by atoms with Crippen LogP contribution in [0.15, 0.2) is 11.1 Å². The maximum Gasteiger partial charge on any atom is 0.306 e. The van der Waals surface area contributed by atoms with Crippen molar-refractivity contribution in [1.29, 1.82) is 0 Å². The predicted octanol–water partition coefficient (Wildman–Crippen LogP) is 0.160. The van der Waals surface area contributed by atoms with Crippen LogP contribution in [0.1, 0.15) is 85.5 Å². The summed E-state index contributed by atoms with van der Waals surface area (Å²) in [6.45, 7) is 6.76. The fraction of sp³-hybridized carbons (Fsp3) is 0.878. The third-order valence-corrected chi connectivity index (χ3v) is 14.9. The summed E-state index contributed by atoms with van der Waals surface area (Å²) in [7, 11) is 0. The first-order valence-electron chi connectivity index (χ1n) is 21.1. The third kappa shape index (κ3) is 7.70. The number of aliphatic hydroxyl groups is 6. The van der Waals surface area contributed by atoms with E-state index >= 15 is 0 Å². The number of hydrogen-bond acceptors (Lipinski definition) is 17. The van der Waals surface area contributed by atoms with Gasteiger partial charge in [-0.15, -0.1) is 0 Å². The van der Waals surface area contributed by atoms with Crippen LogP contribution in [0, 0.1) is 35.0 Å². The Balaban J connectivity index is 0.877. The summed E-state index contributed by atoms with van der Waals surface area (Å²) in [5.74, 6) is -0.846. The molecule has 17 heteroatoms. The molecule has 8 rings (SSSR count). The fourth-order valence-corrected chi connectivity index (χ4v) is 11.8. The van der Waals surface area contributed by atoms with Crippen molar-refractivity contribution in [2.45, 2.75) is 178 Å². The van der Waals surface area contributed by atoms with E-state index in [4.69, 9.17) is 37.9 Å². The van der Waals surface area contributed by atoms with E-state index in [2.05, 4.69) is 6.92 Å². The quantitative estimate of drug-likeness (QED) is 0.141. The maximum atomic E-state index is 13.9. The SMILES string of the molecule is CC(=O)OC1CC(OC2CCC3(C)C(CCC4C5=C(C(=O)C(O)C43)C(C3COC(=O)C3)CC5)C2)OC(C)C1OC1OCC(OC2OC(C)C(O)C(O)C2O)C(O)C1O. The molecule has 0 aromatic carbocycles. The minimum atomic E-state index is -1.64. The van der Waals surface area contributed by atoms with E-state index in [0.29, 0.717) is 25.9 Å². The highest BCUT2D eigenvalue weighted by atomic mass is 16.8. The highest BCUT2D eigenvalue weighted by Crippen LogP contribution is 2.62. The molecule has 0 aromatic rings. The Bertz CT molecular complexity index is 1590. The second-order valence-electron chi connectivity index (χ2n) is 18.3. The van der Waals surface area contributed by atoms with Crippen molar-refractivity contribution in [2.24, 2.45) is 35.0 Å². The van der Waals surface area contributed by atoms with Crippen molar-refractivity contribution in [3.8, 4) is 0 Å². The zero-order valence-electron chi connectivity index (χ0n) is 33.5. The molecule has 0 radical (unpaired) electrons. The molecule has 0 amide bonds. The van der Waals surface area contributed by atoms with E-state index in [0.717, 1.165) is 37.7 Å². The van der Waals surface area contributed by atoms with Crippen LogP contribution >= 0.6 is 0 Å². The molecule has 0 aromatic heterocycles. The van der Waals surface area contributed by atoms with E-state index in [9.17, 15) is 45.0 Å². The van der Waals surface area contributed by atoms with Gasteiger partial charge in [0.15, 0.2) is 24.7 Å². The van der Waals surface area contributed by atoms with Gasteiger partial charge in [-0.1, -0.05) is 12.5 Å². The smallest absolute Gasteiger partial charge is 0.306 e. The Hall–Kier alpha value is -2.13. The van der Waals surface area contributed by atoms with Crippen LogP contribution in [-0.4, -0.2) is 154 Å². The molecule has 6 fully saturated rings. The standard InChI is InChI=1S/C41H60O17/c1-16-31(44)35(48)37(50)40(54-16)57-26-15-52-39(36(49)32(26)45)58-38-17(2)53-28(13-25(38)55-18(3)42)56-21-9-10-41(4)20(12-21)5-6-24-23-8-7-22(19-11-27(43)51-14-19)29(23)33(46)34(47)30(24)41/h16-17,19-22,24-26,28,30-32,34-40,44-45,47-50H,5-15H2,1-4H3. The molecule has 2 saturated carbocycles. The largest absolute Gasteiger partial charge is 0.465 e. The van der Waals surface area contributed by atoms with Gasteiger partial charge in [-0.3, -0.25) is 14.4 Å². The Morgan fingerprint density at radius 1 is 0.776 bits per heavy atom. The summed E-state index contributed by atoms with van der Waals surface area (Å²) in [5, 5.41) is 64.2. The molecule has 21 unspecified atom stereocenters. The Kier molecular flexibility index (Phi) is 12.2. The lowest BCUT2D eigenvalue weighted by Gasteiger charge is -2.58. The molecule has 21 atom stereocenters. The van der Waals surface area contributed by atoms with Crippen molar-refractivity contribution >= 4 is 17.7 Å². The summed E-state index contributed by atoms with van der Waals surface area (Å²) < 4.78 is 46.8. The van der Waals surface area contributed by atoms with Crippen LogP contribution in [0.3, 0.4) is 0 Å². The summed E-state index contributed by atoms with van der Waals surface area (Å²) >= 11 is 0. The second-order valence-corrected chi connectivity index (χ2v) is 18.3. The Labute approximate surface area is 337 Å². The van der Waals surface area contributed by atoms with E-state index in [-0.39, 0.29) is 65.9 Å². The lowest BCUT2D eigenvalue weighted by atomic mass is 9.48. The molecule has 4 aliphatic heterocycles. The fourth-order valence-electron chi connectivity index (χ4n) is 11.8. The number of carbonyl (C=O) groups excluding carboxylic acids is 3. The van der Waals surface area contributed by atoms with Gasteiger partial charge in [0.1, 0.15) is 54.9 Å². The number of ether oxygens (including phenoxy) is 8. The number of ketones is 1. The van der Waals surface area contributed by atoms with Crippen molar-refractivity contribution in [3.63, 3.8) is 0 Å². The van der Waals surface area contributed by atoms with Crippen LogP contribution in [0.5, 0.6) is 0 Å². The molecule has 8 aliphatic rings. The first-order valence-corrected chi connectivity index (χ1v) is 21.1. The van der Waals surface area contributed by atoms with Gasteiger partial charge < -0.3 is 68.5 Å². The number of esters is 2. The first-order chi connectivity index (χ1) is 27.5. The van der Waals surface area contributed by atoms with Crippen molar-refractivity contribution in [2.75, 3.05) is 13.2 Å². The highest BCUT2D eigenvalue weighted by Gasteiger charge is 2.60. The average molecular weight is 825 g/mol. The maximum absolute atomic E-state index is 13.9.